The molecule has 0 saturated carbocycles. The van der Waals surface area contributed by atoms with E-state index in [0.717, 1.165) is 23.3 Å². The van der Waals surface area contributed by atoms with Crippen molar-refractivity contribution < 1.29 is 24.1 Å². The number of rotatable bonds is 8. The van der Waals surface area contributed by atoms with Crippen molar-refractivity contribution in [3.8, 4) is 17.2 Å². The monoisotopic (exact) mass is 385 g/mol. The van der Waals surface area contributed by atoms with Crippen LogP contribution in [0.2, 0.25) is 0 Å². The molecule has 1 aliphatic rings. The SMILES string of the molecule is CCOc1ccccc1C(c1ccc(OC)c(OC)c1)N1CCCC1C(=O)O. The van der Waals surface area contributed by atoms with E-state index < -0.39 is 12.0 Å². The normalized spacial score (nSPS) is 17.9. The van der Waals surface area contributed by atoms with Crippen molar-refractivity contribution in [2.24, 2.45) is 0 Å². The van der Waals surface area contributed by atoms with Crippen LogP contribution >= 0.6 is 0 Å². The van der Waals surface area contributed by atoms with Gasteiger partial charge in [-0.1, -0.05) is 24.3 Å². The zero-order valence-electron chi connectivity index (χ0n) is 16.6. The van der Waals surface area contributed by atoms with Gasteiger partial charge < -0.3 is 19.3 Å². The molecule has 0 amide bonds. The molecule has 1 saturated heterocycles. The smallest absolute Gasteiger partial charge is 0.320 e. The summed E-state index contributed by atoms with van der Waals surface area (Å²) in [6.07, 6.45) is 1.48. The molecule has 6 nitrogen and oxygen atoms in total. The first-order valence-electron chi connectivity index (χ1n) is 9.52. The molecule has 0 radical (unpaired) electrons. The van der Waals surface area contributed by atoms with E-state index >= 15 is 0 Å². The molecule has 2 unspecified atom stereocenters. The number of likely N-dealkylation sites (tertiary alicyclic amines) is 1. The lowest BCUT2D eigenvalue weighted by Crippen LogP contribution is -2.39. The Balaban J connectivity index is 2.14. The predicted octanol–water partition coefficient (Wildman–Crippen LogP) is 3.74. The molecule has 2 atom stereocenters. The van der Waals surface area contributed by atoms with Gasteiger partial charge in [0.15, 0.2) is 11.5 Å². The number of methoxy groups -OCH3 is 2. The van der Waals surface area contributed by atoms with Gasteiger partial charge >= 0.3 is 5.97 Å². The van der Waals surface area contributed by atoms with Crippen molar-refractivity contribution in [3.63, 3.8) is 0 Å². The molecule has 1 aliphatic heterocycles. The van der Waals surface area contributed by atoms with Crippen molar-refractivity contribution in [3.05, 3.63) is 53.6 Å². The van der Waals surface area contributed by atoms with Gasteiger partial charge in [-0.2, -0.15) is 0 Å². The molecule has 1 heterocycles. The minimum atomic E-state index is -0.795. The Labute approximate surface area is 165 Å². The fourth-order valence-electron chi connectivity index (χ4n) is 3.93. The third-order valence-corrected chi connectivity index (χ3v) is 5.15. The maximum atomic E-state index is 11.9. The molecule has 1 N–H and O–H groups in total. The highest BCUT2D eigenvalue weighted by Gasteiger charge is 2.38. The molecule has 6 heteroatoms. The quantitative estimate of drug-likeness (QED) is 0.747. The summed E-state index contributed by atoms with van der Waals surface area (Å²) < 4.78 is 16.7. The van der Waals surface area contributed by atoms with Crippen molar-refractivity contribution in [2.75, 3.05) is 27.4 Å². The number of carboxylic acid groups (broad SMARTS) is 1. The van der Waals surface area contributed by atoms with Crippen molar-refractivity contribution in [1.82, 2.24) is 4.90 Å². The molecular weight excluding hydrogens is 358 g/mol. The summed E-state index contributed by atoms with van der Waals surface area (Å²) in [5.41, 5.74) is 1.89. The zero-order valence-corrected chi connectivity index (χ0v) is 16.6. The second-order valence-corrected chi connectivity index (χ2v) is 6.72. The van der Waals surface area contributed by atoms with Gasteiger partial charge in [-0.3, -0.25) is 9.69 Å². The molecule has 150 valence electrons. The molecule has 28 heavy (non-hydrogen) atoms. The maximum Gasteiger partial charge on any atom is 0.320 e. The van der Waals surface area contributed by atoms with Gasteiger partial charge in [-0.05, 0) is 43.5 Å². The predicted molar refractivity (Wildman–Crippen MR) is 106 cm³/mol. The molecule has 2 aromatic carbocycles. The summed E-state index contributed by atoms with van der Waals surface area (Å²) in [7, 11) is 3.20. The molecule has 0 spiro atoms. The highest BCUT2D eigenvalue weighted by atomic mass is 16.5. The van der Waals surface area contributed by atoms with E-state index in [2.05, 4.69) is 0 Å². The van der Waals surface area contributed by atoms with E-state index in [1.807, 2.05) is 54.3 Å². The van der Waals surface area contributed by atoms with Crippen molar-refractivity contribution in [2.45, 2.75) is 31.8 Å². The van der Waals surface area contributed by atoms with Crippen LogP contribution in [-0.4, -0.2) is 49.4 Å². The summed E-state index contributed by atoms with van der Waals surface area (Å²) in [5, 5.41) is 9.76. The lowest BCUT2D eigenvalue weighted by Gasteiger charge is -2.33. The zero-order chi connectivity index (χ0) is 20.1. The fraction of sp³-hybridized carbons (Fsp3) is 0.409. The number of aliphatic carboxylic acids is 1. The van der Waals surface area contributed by atoms with Crippen LogP contribution in [0.5, 0.6) is 17.2 Å². The topological polar surface area (TPSA) is 68.2 Å². The lowest BCUT2D eigenvalue weighted by atomic mass is 9.95. The van der Waals surface area contributed by atoms with E-state index in [4.69, 9.17) is 14.2 Å². The van der Waals surface area contributed by atoms with Crippen LogP contribution in [-0.2, 0) is 4.79 Å². The van der Waals surface area contributed by atoms with Gasteiger partial charge in [0.25, 0.3) is 0 Å². The van der Waals surface area contributed by atoms with Gasteiger partial charge in [0, 0.05) is 12.1 Å². The summed E-state index contributed by atoms with van der Waals surface area (Å²) in [4.78, 5) is 13.9. The molecule has 1 fully saturated rings. The second kappa shape index (κ2) is 8.97. The van der Waals surface area contributed by atoms with Gasteiger partial charge in [-0.15, -0.1) is 0 Å². The van der Waals surface area contributed by atoms with E-state index in [1.165, 1.54) is 0 Å². The summed E-state index contributed by atoms with van der Waals surface area (Å²) >= 11 is 0. The third kappa shape index (κ3) is 3.92. The number of ether oxygens (including phenoxy) is 3. The first kappa shape index (κ1) is 20.0. The first-order valence-corrected chi connectivity index (χ1v) is 9.52. The number of benzene rings is 2. The van der Waals surface area contributed by atoms with Crippen LogP contribution in [0.1, 0.15) is 36.9 Å². The van der Waals surface area contributed by atoms with Crippen LogP contribution in [0.25, 0.3) is 0 Å². The number of para-hydroxylation sites is 1. The Morgan fingerprint density at radius 1 is 1.14 bits per heavy atom. The van der Waals surface area contributed by atoms with Gasteiger partial charge in [0.1, 0.15) is 11.8 Å². The van der Waals surface area contributed by atoms with Crippen LogP contribution in [0.15, 0.2) is 42.5 Å². The Kier molecular flexibility index (Phi) is 6.41. The maximum absolute atomic E-state index is 11.9. The number of carbonyl (C=O) groups is 1. The van der Waals surface area contributed by atoms with E-state index in [9.17, 15) is 9.90 Å². The Morgan fingerprint density at radius 2 is 1.89 bits per heavy atom. The highest BCUT2D eigenvalue weighted by molar-refractivity contribution is 5.74. The van der Waals surface area contributed by atoms with Crippen molar-refractivity contribution >= 4 is 5.97 Å². The highest BCUT2D eigenvalue weighted by Crippen LogP contribution is 2.41. The Bertz CT molecular complexity index is 822. The fourth-order valence-corrected chi connectivity index (χ4v) is 3.93. The summed E-state index contributed by atoms with van der Waals surface area (Å²) in [6, 6.07) is 12.8. The Morgan fingerprint density at radius 3 is 2.57 bits per heavy atom. The van der Waals surface area contributed by atoms with Crippen LogP contribution < -0.4 is 14.2 Å². The summed E-state index contributed by atoms with van der Waals surface area (Å²) in [6.45, 7) is 3.19. The number of carboxylic acids is 1. The van der Waals surface area contributed by atoms with E-state index in [1.54, 1.807) is 14.2 Å². The molecule has 0 aromatic heterocycles. The van der Waals surface area contributed by atoms with Gasteiger partial charge in [0.2, 0.25) is 0 Å². The van der Waals surface area contributed by atoms with E-state index in [-0.39, 0.29) is 6.04 Å². The largest absolute Gasteiger partial charge is 0.494 e. The van der Waals surface area contributed by atoms with Crippen molar-refractivity contribution in [1.29, 1.82) is 0 Å². The minimum Gasteiger partial charge on any atom is -0.494 e. The average Bonchev–Trinajstić information content (AvgIpc) is 3.19. The van der Waals surface area contributed by atoms with Gasteiger partial charge in [0.05, 0.1) is 26.9 Å². The Hall–Kier alpha value is -2.73. The first-order chi connectivity index (χ1) is 13.6. The van der Waals surface area contributed by atoms with Crippen LogP contribution in [0.3, 0.4) is 0 Å². The molecule has 0 bridgehead atoms. The lowest BCUT2D eigenvalue weighted by molar-refractivity contribution is -0.142. The number of hydrogen-bond donors (Lipinski definition) is 1. The standard InChI is InChI=1S/C22H27NO5/c1-4-28-18-10-6-5-8-16(18)21(23-13-7-9-17(23)22(24)25)15-11-12-19(26-2)20(14-15)27-3/h5-6,8,10-12,14,17,21H,4,7,9,13H2,1-3H3,(H,24,25). The molecular formula is C22H27NO5. The second-order valence-electron chi connectivity index (χ2n) is 6.72. The van der Waals surface area contributed by atoms with Crippen LogP contribution in [0, 0.1) is 0 Å². The molecule has 0 aliphatic carbocycles. The average molecular weight is 385 g/mol. The molecule has 2 aromatic rings. The minimum absolute atomic E-state index is 0.258. The van der Waals surface area contributed by atoms with E-state index in [0.29, 0.717) is 31.1 Å². The number of nitrogens with zero attached hydrogens (tertiary/aromatic N) is 1. The third-order valence-electron chi connectivity index (χ3n) is 5.15. The summed E-state index contributed by atoms with van der Waals surface area (Å²) in [5.74, 6) is 1.22. The number of hydrogen-bond acceptors (Lipinski definition) is 5. The van der Waals surface area contributed by atoms with Gasteiger partial charge in [-0.25, -0.2) is 0 Å². The molecule has 3 rings (SSSR count). The van der Waals surface area contributed by atoms with Crippen LogP contribution in [0.4, 0.5) is 0 Å².